The van der Waals surface area contributed by atoms with Crippen molar-refractivity contribution in [1.29, 1.82) is 0 Å². The first-order valence-corrected chi connectivity index (χ1v) is 8.73. The van der Waals surface area contributed by atoms with Crippen molar-refractivity contribution in [3.63, 3.8) is 0 Å². The van der Waals surface area contributed by atoms with Crippen molar-refractivity contribution in [3.8, 4) is 11.5 Å². The number of nitrogens with one attached hydrogen (secondary N) is 1. The van der Waals surface area contributed by atoms with E-state index in [1.54, 1.807) is 6.07 Å². The topological polar surface area (TPSA) is 41.6 Å². The average Bonchev–Trinajstić information content (AvgIpc) is 2.77. The Kier molecular flexibility index (Phi) is 4.25. The number of halogens is 2. The lowest BCUT2D eigenvalue weighted by Gasteiger charge is -2.42. The Hall–Kier alpha value is -2.27. The molecule has 0 unspecified atom stereocenters. The molecule has 2 heterocycles. The zero-order valence-electron chi connectivity index (χ0n) is 13.5. The molecular weight excluding hydrogens is 343 g/mol. The number of rotatable bonds is 2. The molecule has 1 saturated heterocycles. The van der Waals surface area contributed by atoms with Gasteiger partial charge in [-0.3, -0.25) is 4.79 Å². The van der Waals surface area contributed by atoms with Gasteiger partial charge in [-0.25, -0.2) is 4.39 Å². The number of anilines is 1. The highest BCUT2D eigenvalue weighted by molar-refractivity contribution is 6.31. The molecular formula is C19H18ClFN2O2. The second kappa shape index (κ2) is 6.56. The van der Waals surface area contributed by atoms with Crippen molar-refractivity contribution in [3.05, 3.63) is 53.1 Å². The van der Waals surface area contributed by atoms with Crippen LogP contribution in [0.2, 0.25) is 5.02 Å². The monoisotopic (exact) mass is 360 g/mol. The molecule has 2 aliphatic heterocycles. The molecule has 4 rings (SSSR count). The number of ether oxygens (including phenoxy) is 1. The molecule has 2 aliphatic rings. The van der Waals surface area contributed by atoms with Crippen molar-refractivity contribution < 1.29 is 13.9 Å². The van der Waals surface area contributed by atoms with Crippen LogP contribution in [-0.4, -0.2) is 25.2 Å². The van der Waals surface area contributed by atoms with Gasteiger partial charge in [0.1, 0.15) is 5.75 Å². The minimum absolute atomic E-state index is 0.125. The summed E-state index contributed by atoms with van der Waals surface area (Å²) < 4.78 is 18.9. The number of nitrogens with zero attached hydrogens (tertiary/aromatic N) is 1. The number of carbonyl (C=O) groups is 1. The van der Waals surface area contributed by atoms with Gasteiger partial charge in [-0.2, -0.15) is 0 Å². The molecule has 130 valence electrons. The van der Waals surface area contributed by atoms with Crippen molar-refractivity contribution in [2.24, 2.45) is 0 Å². The molecule has 1 N–H and O–H groups in total. The first-order valence-electron chi connectivity index (χ1n) is 8.35. The van der Waals surface area contributed by atoms with Crippen LogP contribution in [0.15, 0.2) is 42.5 Å². The number of fused-ring (bicyclic) bond motifs is 5. The van der Waals surface area contributed by atoms with Crippen LogP contribution in [0.25, 0.3) is 0 Å². The highest BCUT2D eigenvalue weighted by atomic mass is 35.5. The Balaban J connectivity index is 1.85. The van der Waals surface area contributed by atoms with E-state index in [1.165, 1.54) is 0 Å². The molecule has 25 heavy (non-hydrogen) atoms. The van der Waals surface area contributed by atoms with Crippen LogP contribution in [0.5, 0.6) is 11.5 Å². The normalized spacial score (nSPS) is 21.3. The molecule has 2 aromatic rings. The molecule has 0 saturated carbocycles. The zero-order chi connectivity index (χ0) is 17.4. The van der Waals surface area contributed by atoms with E-state index in [0.29, 0.717) is 5.02 Å². The van der Waals surface area contributed by atoms with Crippen LogP contribution < -0.4 is 15.0 Å². The summed E-state index contributed by atoms with van der Waals surface area (Å²) in [6.07, 6.45) is 1.68. The van der Waals surface area contributed by atoms with E-state index < -0.39 is 12.6 Å². The number of carbonyl (C=O) groups excluding carboxylic acids is 1. The first-order chi connectivity index (χ1) is 12.2. The molecule has 2 aromatic carbocycles. The van der Waals surface area contributed by atoms with Gasteiger partial charge < -0.3 is 15.0 Å². The van der Waals surface area contributed by atoms with Crippen molar-refractivity contribution in [2.45, 2.75) is 24.9 Å². The van der Waals surface area contributed by atoms with E-state index in [9.17, 15) is 9.18 Å². The summed E-state index contributed by atoms with van der Waals surface area (Å²) in [5.41, 5.74) is 1.88. The predicted molar refractivity (Wildman–Crippen MR) is 95.2 cm³/mol. The summed E-state index contributed by atoms with van der Waals surface area (Å²) in [6.45, 7) is -0.193. The Bertz CT molecular complexity index is 814. The van der Waals surface area contributed by atoms with E-state index >= 15 is 0 Å². The fraction of sp³-hybridized carbons (Fsp3) is 0.316. The Morgan fingerprint density at radius 1 is 1.28 bits per heavy atom. The van der Waals surface area contributed by atoms with E-state index in [-0.39, 0.29) is 12.1 Å². The molecule has 0 spiro atoms. The SMILES string of the molecule is O=C(CF)N[C@@H]1CCCN2c3cc(Cl)ccc3Oc3ccccc3[C@H]12. The van der Waals surface area contributed by atoms with Gasteiger partial charge in [0, 0.05) is 17.1 Å². The lowest BCUT2D eigenvalue weighted by molar-refractivity contribution is -0.122. The predicted octanol–water partition coefficient (Wildman–Crippen LogP) is 4.24. The van der Waals surface area contributed by atoms with Gasteiger partial charge in [-0.05, 0) is 37.1 Å². The summed E-state index contributed by atoms with van der Waals surface area (Å²) in [4.78, 5) is 13.9. The highest BCUT2D eigenvalue weighted by Gasteiger charge is 2.38. The first kappa shape index (κ1) is 16.2. The lowest BCUT2D eigenvalue weighted by Crippen LogP contribution is -2.50. The van der Waals surface area contributed by atoms with Crippen LogP contribution in [0.3, 0.4) is 0 Å². The maximum atomic E-state index is 12.8. The van der Waals surface area contributed by atoms with Crippen molar-refractivity contribution in [2.75, 3.05) is 18.1 Å². The molecule has 0 radical (unpaired) electrons. The van der Waals surface area contributed by atoms with E-state index in [2.05, 4.69) is 10.2 Å². The molecule has 1 fully saturated rings. The van der Waals surface area contributed by atoms with Gasteiger partial charge in [0.15, 0.2) is 12.4 Å². The van der Waals surface area contributed by atoms with Gasteiger partial charge in [0.25, 0.3) is 5.91 Å². The van der Waals surface area contributed by atoms with Crippen LogP contribution in [0.1, 0.15) is 24.4 Å². The molecule has 0 aromatic heterocycles. The minimum Gasteiger partial charge on any atom is -0.455 e. The van der Waals surface area contributed by atoms with Crippen LogP contribution in [-0.2, 0) is 4.79 Å². The van der Waals surface area contributed by atoms with E-state index in [1.807, 2.05) is 36.4 Å². The third kappa shape index (κ3) is 2.93. The summed E-state index contributed by atoms with van der Waals surface area (Å²) in [5.74, 6) is 0.901. The van der Waals surface area contributed by atoms with Gasteiger partial charge in [-0.15, -0.1) is 0 Å². The molecule has 1 amide bonds. The van der Waals surface area contributed by atoms with Crippen LogP contribution in [0, 0.1) is 0 Å². The van der Waals surface area contributed by atoms with Gasteiger partial charge >= 0.3 is 0 Å². The van der Waals surface area contributed by atoms with Crippen molar-refractivity contribution in [1.82, 2.24) is 5.32 Å². The Morgan fingerprint density at radius 3 is 2.96 bits per heavy atom. The van der Waals surface area contributed by atoms with Crippen LogP contribution >= 0.6 is 11.6 Å². The summed E-state index contributed by atoms with van der Waals surface area (Å²) in [7, 11) is 0. The Morgan fingerprint density at radius 2 is 2.12 bits per heavy atom. The highest BCUT2D eigenvalue weighted by Crippen LogP contribution is 2.48. The zero-order valence-corrected chi connectivity index (χ0v) is 14.3. The number of alkyl halides is 1. The second-order valence-electron chi connectivity index (χ2n) is 6.34. The number of para-hydroxylation sites is 1. The van der Waals surface area contributed by atoms with Crippen molar-refractivity contribution >= 4 is 23.2 Å². The molecule has 0 aliphatic carbocycles. The molecule has 0 bridgehead atoms. The lowest BCUT2D eigenvalue weighted by atomic mass is 9.89. The third-order valence-corrected chi connectivity index (χ3v) is 5.02. The maximum absolute atomic E-state index is 12.8. The minimum atomic E-state index is -1.01. The smallest absolute Gasteiger partial charge is 0.251 e. The second-order valence-corrected chi connectivity index (χ2v) is 6.78. The number of hydrogen-bond acceptors (Lipinski definition) is 3. The van der Waals surface area contributed by atoms with E-state index in [0.717, 1.165) is 42.1 Å². The molecule has 2 atom stereocenters. The number of amides is 1. The fourth-order valence-corrected chi connectivity index (χ4v) is 3.95. The summed E-state index contributed by atoms with van der Waals surface area (Å²) in [5, 5.41) is 3.46. The third-order valence-electron chi connectivity index (χ3n) is 4.79. The summed E-state index contributed by atoms with van der Waals surface area (Å²) >= 11 is 6.21. The van der Waals surface area contributed by atoms with Gasteiger partial charge in [-0.1, -0.05) is 29.8 Å². The number of benzene rings is 2. The summed E-state index contributed by atoms with van der Waals surface area (Å²) in [6, 6.07) is 13.0. The van der Waals surface area contributed by atoms with E-state index in [4.69, 9.17) is 16.3 Å². The number of piperidine rings is 1. The largest absolute Gasteiger partial charge is 0.455 e. The van der Waals surface area contributed by atoms with Crippen LogP contribution in [0.4, 0.5) is 10.1 Å². The molecule has 6 heteroatoms. The quantitative estimate of drug-likeness (QED) is 0.870. The standard InChI is InChI=1S/C19H18ClFN2O2/c20-12-7-8-17-15(10-12)23-9-3-5-14(22-18(24)11-21)19(23)13-4-1-2-6-16(13)25-17/h1-2,4,6-8,10,14,19H,3,5,9,11H2,(H,22,24)/t14-,19-/m1/s1. The Labute approximate surface area is 150 Å². The van der Waals surface area contributed by atoms with Gasteiger partial charge in [0.2, 0.25) is 0 Å². The maximum Gasteiger partial charge on any atom is 0.251 e. The van der Waals surface area contributed by atoms with Gasteiger partial charge in [0.05, 0.1) is 17.8 Å². The average molecular weight is 361 g/mol. The fourth-order valence-electron chi connectivity index (χ4n) is 3.78. The molecule has 4 nitrogen and oxygen atoms in total. The number of hydrogen-bond donors (Lipinski definition) is 1.